The summed E-state index contributed by atoms with van der Waals surface area (Å²) in [6.07, 6.45) is 0. The number of nitrogens with zero attached hydrogens (tertiary/aromatic N) is 1. The molecular formula is C15H25FIN3OS. The van der Waals surface area contributed by atoms with Crippen LogP contribution in [0.2, 0.25) is 0 Å². The lowest BCUT2D eigenvalue weighted by molar-refractivity contribution is 0.208. The lowest BCUT2D eigenvalue weighted by Crippen LogP contribution is -2.38. The number of halogens is 2. The molecule has 0 radical (unpaired) electrons. The second-order valence-electron chi connectivity index (χ2n) is 4.32. The Morgan fingerprint density at radius 3 is 2.77 bits per heavy atom. The van der Waals surface area contributed by atoms with E-state index in [0.717, 1.165) is 30.4 Å². The molecule has 0 spiro atoms. The molecule has 4 nitrogen and oxygen atoms in total. The van der Waals surface area contributed by atoms with Crippen LogP contribution in [0.25, 0.3) is 0 Å². The van der Waals surface area contributed by atoms with Crippen LogP contribution in [-0.2, 0) is 10.5 Å². The van der Waals surface area contributed by atoms with Crippen LogP contribution in [0.5, 0.6) is 0 Å². The third-order valence-electron chi connectivity index (χ3n) is 2.66. The fraction of sp³-hybridized carbons (Fsp3) is 0.533. The molecule has 0 atom stereocenters. The summed E-state index contributed by atoms with van der Waals surface area (Å²) in [5.41, 5.74) is 0.753. The summed E-state index contributed by atoms with van der Waals surface area (Å²) in [7, 11) is 1.66. The van der Waals surface area contributed by atoms with Crippen LogP contribution in [0.3, 0.4) is 0 Å². The van der Waals surface area contributed by atoms with Gasteiger partial charge in [0.1, 0.15) is 5.82 Å². The number of methoxy groups -OCH3 is 1. The molecule has 0 aliphatic carbocycles. The lowest BCUT2D eigenvalue weighted by atomic mass is 10.2. The number of aliphatic imine (C=N–C) groups is 1. The van der Waals surface area contributed by atoms with E-state index >= 15 is 0 Å². The Morgan fingerprint density at radius 2 is 2.09 bits per heavy atom. The molecule has 1 aromatic rings. The summed E-state index contributed by atoms with van der Waals surface area (Å²) in [5.74, 6) is 2.24. The summed E-state index contributed by atoms with van der Waals surface area (Å²) in [6, 6.07) is 6.90. The SMILES string of the molecule is CCNC(=NCCOC)NCCSCc1ccccc1F.I. The molecule has 126 valence electrons. The van der Waals surface area contributed by atoms with Crippen LogP contribution in [0, 0.1) is 5.82 Å². The van der Waals surface area contributed by atoms with E-state index in [1.165, 1.54) is 6.07 Å². The molecule has 0 saturated carbocycles. The van der Waals surface area contributed by atoms with Crippen LogP contribution < -0.4 is 10.6 Å². The van der Waals surface area contributed by atoms with Crippen molar-refractivity contribution < 1.29 is 9.13 Å². The first-order valence-electron chi connectivity index (χ1n) is 7.10. The summed E-state index contributed by atoms with van der Waals surface area (Å²) >= 11 is 1.70. The van der Waals surface area contributed by atoms with Crippen molar-refractivity contribution in [3.63, 3.8) is 0 Å². The van der Waals surface area contributed by atoms with Crippen LogP contribution >= 0.6 is 35.7 Å². The molecular weight excluding hydrogens is 416 g/mol. The topological polar surface area (TPSA) is 45.7 Å². The monoisotopic (exact) mass is 441 g/mol. The first kappa shape index (κ1) is 21.5. The van der Waals surface area contributed by atoms with Gasteiger partial charge in [-0.05, 0) is 18.6 Å². The highest BCUT2D eigenvalue weighted by molar-refractivity contribution is 14.0. The van der Waals surface area contributed by atoms with Crippen molar-refractivity contribution >= 4 is 41.7 Å². The van der Waals surface area contributed by atoms with Gasteiger partial charge in [0.2, 0.25) is 0 Å². The van der Waals surface area contributed by atoms with E-state index in [1.54, 1.807) is 24.9 Å². The van der Waals surface area contributed by atoms with E-state index in [-0.39, 0.29) is 29.8 Å². The molecule has 0 aromatic heterocycles. The Kier molecular flexibility index (Phi) is 13.7. The zero-order valence-corrected chi connectivity index (χ0v) is 16.2. The molecule has 0 fully saturated rings. The molecule has 1 aromatic carbocycles. The average Bonchev–Trinajstić information content (AvgIpc) is 2.49. The van der Waals surface area contributed by atoms with Gasteiger partial charge >= 0.3 is 0 Å². The minimum Gasteiger partial charge on any atom is -0.383 e. The maximum absolute atomic E-state index is 13.4. The molecule has 22 heavy (non-hydrogen) atoms. The van der Waals surface area contributed by atoms with Gasteiger partial charge in [0, 0.05) is 31.7 Å². The molecule has 0 amide bonds. The lowest BCUT2D eigenvalue weighted by Gasteiger charge is -2.11. The van der Waals surface area contributed by atoms with Crippen LogP contribution in [0.4, 0.5) is 4.39 Å². The highest BCUT2D eigenvalue weighted by Gasteiger charge is 2.01. The van der Waals surface area contributed by atoms with E-state index < -0.39 is 0 Å². The molecule has 0 saturated heterocycles. The molecule has 0 bridgehead atoms. The third-order valence-corrected chi connectivity index (χ3v) is 3.67. The van der Waals surface area contributed by atoms with Crippen molar-refractivity contribution in [2.75, 3.05) is 39.1 Å². The Morgan fingerprint density at radius 1 is 1.32 bits per heavy atom. The molecule has 0 aliphatic heterocycles. The van der Waals surface area contributed by atoms with Gasteiger partial charge < -0.3 is 15.4 Å². The summed E-state index contributed by atoms with van der Waals surface area (Å²) in [6.45, 7) is 4.88. The standard InChI is InChI=1S/C15H24FN3OS.HI/c1-3-17-15(18-8-10-20-2)19-9-11-21-12-13-6-4-5-7-14(13)16;/h4-7H,3,8-12H2,1-2H3,(H2,17,18,19);1H. The largest absolute Gasteiger partial charge is 0.383 e. The Balaban J connectivity index is 0.00000441. The van der Waals surface area contributed by atoms with Gasteiger partial charge in [0.15, 0.2) is 5.96 Å². The van der Waals surface area contributed by atoms with Crippen molar-refractivity contribution in [3.05, 3.63) is 35.6 Å². The summed E-state index contributed by atoms with van der Waals surface area (Å²) in [5, 5.41) is 6.42. The smallest absolute Gasteiger partial charge is 0.191 e. The van der Waals surface area contributed by atoms with Crippen molar-refractivity contribution in [3.8, 4) is 0 Å². The van der Waals surface area contributed by atoms with Crippen LogP contribution in [0.15, 0.2) is 29.3 Å². The quantitative estimate of drug-likeness (QED) is 0.268. The first-order valence-corrected chi connectivity index (χ1v) is 8.25. The number of ether oxygens (including phenoxy) is 1. The normalized spacial score (nSPS) is 11.0. The molecule has 0 unspecified atom stereocenters. The van der Waals surface area contributed by atoms with Crippen LogP contribution in [0.1, 0.15) is 12.5 Å². The number of hydrogen-bond donors (Lipinski definition) is 2. The van der Waals surface area contributed by atoms with E-state index in [1.807, 2.05) is 19.1 Å². The predicted octanol–water partition coefficient (Wildman–Crippen LogP) is 2.88. The molecule has 7 heteroatoms. The van der Waals surface area contributed by atoms with Gasteiger partial charge in [-0.1, -0.05) is 18.2 Å². The average molecular weight is 441 g/mol. The van der Waals surface area contributed by atoms with E-state index in [0.29, 0.717) is 18.9 Å². The Hall–Kier alpha value is -0.540. The maximum atomic E-state index is 13.4. The molecule has 1 rings (SSSR count). The number of thioether (sulfide) groups is 1. The summed E-state index contributed by atoms with van der Waals surface area (Å²) in [4.78, 5) is 4.37. The number of guanidine groups is 1. The van der Waals surface area contributed by atoms with Gasteiger partial charge in [0.25, 0.3) is 0 Å². The maximum Gasteiger partial charge on any atom is 0.191 e. The zero-order valence-electron chi connectivity index (χ0n) is 13.1. The van der Waals surface area contributed by atoms with Crippen molar-refractivity contribution in [2.45, 2.75) is 12.7 Å². The fourth-order valence-corrected chi connectivity index (χ4v) is 2.47. The first-order chi connectivity index (χ1) is 10.3. The highest BCUT2D eigenvalue weighted by Crippen LogP contribution is 2.14. The fourth-order valence-electron chi connectivity index (χ4n) is 1.63. The van der Waals surface area contributed by atoms with Crippen molar-refractivity contribution in [1.29, 1.82) is 0 Å². The molecule has 2 N–H and O–H groups in total. The minimum atomic E-state index is -0.132. The van der Waals surface area contributed by atoms with Crippen LogP contribution in [-0.4, -0.2) is 45.1 Å². The second-order valence-corrected chi connectivity index (χ2v) is 5.43. The number of benzene rings is 1. The minimum absolute atomic E-state index is 0. The molecule has 0 aliphatic rings. The molecule has 0 heterocycles. The van der Waals surface area contributed by atoms with Gasteiger partial charge in [-0.3, -0.25) is 4.99 Å². The van der Waals surface area contributed by atoms with E-state index in [9.17, 15) is 4.39 Å². The van der Waals surface area contributed by atoms with E-state index in [4.69, 9.17) is 4.74 Å². The van der Waals surface area contributed by atoms with Gasteiger partial charge in [-0.2, -0.15) is 11.8 Å². The third kappa shape index (κ3) is 9.47. The van der Waals surface area contributed by atoms with E-state index in [2.05, 4.69) is 15.6 Å². The Labute approximate surface area is 153 Å². The van der Waals surface area contributed by atoms with Gasteiger partial charge in [-0.15, -0.1) is 24.0 Å². The van der Waals surface area contributed by atoms with Crippen molar-refractivity contribution in [2.24, 2.45) is 4.99 Å². The zero-order chi connectivity index (χ0) is 15.3. The predicted molar refractivity (Wildman–Crippen MR) is 104 cm³/mol. The second kappa shape index (κ2) is 14.1. The number of hydrogen-bond acceptors (Lipinski definition) is 3. The highest BCUT2D eigenvalue weighted by atomic mass is 127. The summed E-state index contributed by atoms with van der Waals surface area (Å²) < 4.78 is 18.4. The van der Waals surface area contributed by atoms with Gasteiger partial charge in [-0.25, -0.2) is 4.39 Å². The number of rotatable bonds is 9. The Bertz CT molecular complexity index is 435. The number of nitrogens with one attached hydrogen (secondary N) is 2. The van der Waals surface area contributed by atoms with Crippen molar-refractivity contribution in [1.82, 2.24) is 10.6 Å². The van der Waals surface area contributed by atoms with Gasteiger partial charge in [0.05, 0.1) is 13.2 Å².